The zero-order valence-corrected chi connectivity index (χ0v) is 19.1. The summed E-state index contributed by atoms with van der Waals surface area (Å²) in [5.74, 6) is 0. The first-order valence-electron chi connectivity index (χ1n) is 9.97. The smallest absolute Gasteiger partial charge is 0.207 e. The Balaban J connectivity index is 1.52. The van der Waals surface area contributed by atoms with Crippen LogP contribution in [0.4, 0.5) is 5.13 Å². The first-order chi connectivity index (χ1) is 15.1. The van der Waals surface area contributed by atoms with Crippen molar-refractivity contribution in [2.75, 3.05) is 5.01 Å². The Kier molecular flexibility index (Phi) is 5.53. The summed E-state index contributed by atoms with van der Waals surface area (Å²) in [5, 5.41) is 11.4. The highest BCUT2D eigenvalue weighted by atomic mass is 35.5. The van der Waals surface area contributed by atoms with Gasteiger partial charge in [0.25, 0.3) is 0 Å². The molecule has 5 rings (SSSR count). The van der Waals surface area contributed by atoms with Crippen LogP contribution in [0.25, 0.3) is 11.3 Å². The molecule has 0 N–H and O–H groups in total. The second-order valence-electron chi connectivity index (χ2n) is 7.55. The molecule has 1 aliphatic rings. The predicted octanol–water partition coefficient (Wildman–Crippen LogP) is 7.78. The van der Waals surface area contributed by atoms with Gasteiger partial charge in [-0.2, -0.15) is 5.10 Å². The summed E-state index contributed by atoms with van der Waals surface area (Å²) in [7, 11) is 0. The maximum absolute atomic E-state index is 6.13. The van der Waals surface area contributed by atoms with Gasteiger partial charge in [0.2, 0.25) is 5.13 Å². The summed E-state index contributed by atoms with van der Waals surface area (Å²) in [6.45, 7) is 2.09. The summed E-state index contributed by atoms with van der Waals surface area (Å²) < 4.78 is 0. The van der Waals surface area contributed by atoms with Crippen molar-refractivity contribution in [2.45, 2.75) is 19.4 Å². The van der Waals surface area contributed by atoms with Gasteiger partial charge in [0.15, 0.2) is 0 Å². The van der Waals surface area contributed by atoms with Crippen LogP contribution in [0.1, 0.15) is 29.2 Å². The third-order valence-corrected chi connectivity index (χ3v) is 6.71. The second kappa shape index (κ2) is 8.46. The van der Waals surface area contributed by atoms with Gasteiger partial charge < -0.3 is 0 Å². The largest absolute Gasteiger partial charge is 0.231 e. The molecule has 6 heteroatoms. The lowest BCUT2D eigenvalue weighted by molar-refractivity contribution is 0.706. The molecule has 31 heavy (non-hydrogen) atoms. The van der Waals surface area contributed by atoms with Gasteiger partial charge in [-0.05, 0) is 42.3 Å². The number of hydrazone groups is 1. The van der Waals surface area contributed by atoms with Crippen LogP contribution in [0.15, 0.2) is 83.3 Å². The van der Waals surface area contributed by atoms with Gasteiger partial charge in [0.05, 0.1) is 17.4 Å². The molecule has 0 radical (unpaired) electrons. The van der Waals surface area contributed by atoms with Crippen LogP contribution in [-0.4, -0.2) is 10.7 Å². The highest BCUT2D eigenvalue weighted by Gasteiger charge is 2.31. The number of anilines is 1. The van der Waals surface area contributed by atoms with Gasteiger partial charge in [0.1, 0.15) is 0 Å². The molecule has 0 spiro atoms. The van der Waals surface area contributed by atoms with Crippen molar-refractivity contribution < 1.29 is 0 Å². The quantitative estimate of drug-likeness (QED) is 0.309. The fraction of sp³-hybridized carbons (Fsp3) is 0.120. The maximum atomic E-state index is 6.13. The number of hydrogen-bond donors (Lipinski definition) is 0. The predicted molar refractivity (Wildman–Crippen MR) is 132 cm³/mol. The van der Waals surface area contributed by atoms with Crippen molar-refractivity contribution in [3.8, 4) is 11.3 Å². The molecule has 1 atom stereocenters. The van der Waals surface area contributed by atoms with Gasteiger partial charge in [-0.3, -0.25) is 0 Å². The van der Waals surface area contributed by atoms with E-state index in [2.05, 4.69) is 48.7 Å². The minimum atomic E-state index is 0.0674. The van der Waals surface area contributed by atoms with E-state index in [1.807, 2.05) is 41.4 Å². The van der Waals surface area contributed by atoms with E-state index < -0.39 is 0 Å². The van der Waals surface area contributed by atoms with Crippen molar-refractivity contribution in [2.24, 2.45) is 5.10 Å². The van der Waals surface area contributed by atoms with Crippen LogP contribution >= 0.6 is 34.5 Å². The Morgan fingerprint density at radius 2 is 1.45 bits per heavy atom. The van der Waals surface area contributed by atoms with Crippen LogP contribution in [0.5, 0.6) is 0 Å². The molecular weight excluding hydrogens is 445 g/mol. The van der Waals surface area contributed by atoms with Crippen molar-refractivity contribution in [3.63, 3.8) is 0 Å². The average molecular weight is 464 g/mol. The molecule has 0 bridgehead atoms. The van der Waals surface area contributed by atoms with Crippen molar-refractivity contribution >= 4 is 45.4 Å². The van der Waals surface area contributed by atoms with E-state index in [1.165, 1.54) is 11.1 Å². The molecular formula is C25H19Cl2N3S. The summed E-state index contributed by atoms with van der Waals surface area (Å²) in [4.78, 5) is 4.90. The van der Waals surface area contributed by atoms with Crippen molar-refractivity contribution in [1.82, 2.24) is 4.98 Å². The average Bonchev–Trinajstić information content (AvgIpc) is 3.43. The maximum Gasteiger partial charge on any atom is 0.207 e. The van der Waals surface area contributed by atoms with E-state index in [0.717, 1.165) is 39.1 Å². The summed E-state index contributed by atoms with van der Waals surface area (Å²) in [5.41, 5.74) is 6.56. The summed E-state index contributed by atoms with van der Waals surface area (Å²) >= 11 is 13.8. The number of halogens is 2. The van der Waals surface area contributed by atoms with Crippen LogP contribution in [0.3, 0.4) is 0 Å². The van der Waals surface area contributed by atoms with E-state index in [9.17, 15) is 0 Å². The van der Waals surface area contributed by atoms with E-state index in [0.29, 0.717) is 5.02 Å². The minimum Gasteiger partial charge on any atom is -0.231 e. The number of aryl methyl sites for hydroxylation is 1. The van der Waals surface area contributed by atoms with E-state index in [-0.39, 0.29) is 6.04 Å². The molecule has 3 aromatic carbocycles. The second-order valence-corrected chi connectivity index (χ2v) is 9.26. The number of rotatable bonds is 4. The van der Waals surface area contributed by atoms with Crippen LogP contribution in [0.2, 0.25) is 10.0 Å². The number of thiazole rings is 1. The van der Waals surface area contributed by atoms with Crippen LogP contribution in [-0.2, 0) is 0 Å². The Morgan fingerprint density at radius 3 is 2.13 bits per heavy atom. The summed E-state index contributed by atoms with van der Waals surface area (Å²) in [6, 6.07) is 24.3. The number of hydrogen-bond acceptors (Lipinski definition) is 4. The van der Waals surface area contributed by atoms with Crippen LogP contribution in [0, 0.1) is 6.92 Å². The molecule has 0 fully saturated rings. The third-order valence-electron chi connectivity index (χ3n) is 5.38. The van der Waals surface area contributed by atoms with E-state index >= 15 is 0 Å². The molecule has 1 unspecified atom stereocenters. The normalized spacial score (nSPS) is 15.9. The zero-order valence-electron chi connectivity index (χ0n) is 16.8. The fourth-order valence-electron chi connectivity index (χ4n) is 3.67. The van der Waals surface area contributed by atoms with Gasteiger partial charge in [-0.1, -0.05) is 77.3 Å². The van der Waals surface area contributed by atoms with Crippen LogP contribution < -0.4 is 5.01 Å². The topological polar surface area (TPSA) is 28.5 Å². The molecule has 2 heterocycles. The Labute approximate surface area is 195 Å². The highest BCUT2D eigenvalue weighted by Crippen LogP contribution is 2.39. The monoisotopic (exact) mass is 463 g/mol. The van der Waals surface area contributed by atoms with Crippen molar-refractivity contribution in [1.29, 1.82) is 0 Å². The Morgan fingerprint density at radius 1 is 0.839 bits per heavy atom. The molecule has 0 saturated carbocycles. The zero-order chi connectivity index (χ0) is 21.4. The SMILES string of the molecule is Cc1ccc(C2=NN(c3nc(-c4ccc(Cl)cc4)cs3)C(c3ccc(Cl)cc3)C2)cc1. The van der Waals surface area contributed by atoms with Gasteiger partial charge in [-0.15, -0.1) is 11.3 Å². The first-order valence-corrected chi connectivity index (χ1v) is 11.6. The first kappa shape index (κ1) is 20.3. The number of benzene rings is 3. The van der Waals surface area contributed by atoms with Gasteiger partial charge in [0, 0.05) is 27.4 Å². The van der Waals surface area contributed by atoms with E-state index in [4.69, 9.17) is 33.3 Å². The Bertz CT molecular complexity index is 1230. The Hall–Kier alpha value is -2.66. The minimum absolute atomic E-state index is 0.0674. The molecule has 0 amide bonds. The summed E-state index contributed by atoms with van der Waals surface area (Å²) in [6.07, 6.45) is 0.806. The number of aromatic nitrogens is 1. The van der Waals surface area contributed by atoms with Gasteiger partial charge >= 0.3 is 0 Å². The lowest BCUT2D eigenvalue weighted by atomic mass is 9.98. The van der Waals surface area contributed by atoms with E-state index in [1.54, 1.807) is 11.3 Å². The standard InChI is InChI=1S/C25H19Cl2N3S/c1-16-2-4-17(5-3-16)22-14-24(19-8-12-21(27)13-9-19)30(29-22)25-28-23(15-31-25)18-6-10-20(26)11-7-18/h2-13,15,24H,14H2,1H3. The molecule has 1 aromatic heterocycles. The molecule has 4 aromatic rings. The molecule has 0 saturated heterocycles. The number of nitrogens with zero attached hydrogens (tertiary/aromatic N) is 3. The lowest BCUT2D eigenvalue weighted by Crippen LogP contribution is -2.18. The van der Waals surface area contributed by atoms with Crippen molar-refractivity contribution in [3.05, 3.63) is 105 Å². The molecule has 1 aliphatic heterocycles. The highest BCUT2D eigenvalue weighted by molar-refractivity contribution is 7.14. The third kappa shape index (κ3) is 4.24. The molecule has 154 valence electrons. The molecule has 3 nitrogen and oxygen atoms in total. The fourth-order valence-corrected chi connectivity index (χ4v) is 4.76. The lowest BCUT2D eigenvalue weighted by Gasteiger charge is -2.21. The van der Waals surface area contributed by atoms with Gasteiger partial charge in [-0.25, -0.2) is 9.99 Å². The molecule has 0 aliphatic carbocycles.